The van der Waals surface area contributed by atoms with Crippen LogP contribution in [-0.2, 0) is 9.84 Å². The number of aromatic nitrogens is 2. The first-order valence-electron chi connectivity index (χ1n) is 6.66. The van der Waals surface area contributed by atoms with Gasteiger partial charge in [-0.3, -0.25) is 0 Å². The van der Waals surface area contributed by atoms with Gasteiger partial charge in [-0.05, 0) is 31.5 Å². The molecule has 0 bridgehead atoms. The van der Waals surface area contributed by atoms with Crippen LogP contribution in [0.5, 0.6) is 0 Å². The van der Waals surface area contributed by atoms with Crippen LogP contribution in [0, 0.1) is 19.7 Å². The SMILES string of the molecule is Cc1csc(-c2noc(C)c2-c2ccc(S(C)(=O)=O)c(F)c2)n1. The molecule has 1 aromatic carbocycles. The summed E-state index contributed by atoms with van der Waals surface area (Å²) in [5, 5.41) is 6.56. The van der Waals surface area contributed by atoms with Gasteiger partial charge in [0.25, 0.3) is 0 Å². The van der Waals surface area contributed by atoms with Gasteiger partial charge in [-0.2, -0.15) is 0 Å². The van der Waals surface area contributed by atoms with Crippen molar-refractivity contribution in [2.24, 2.45) is 0 Å². The van der Waals surface area contributed by atoms with Gasteiger partial charge in [-0.15, -0.1) is 11.3 Å². The van der Waals surface area contributed by atoms with Crippen molar-refractivity contribution >= 4 is 21.2 Å². The lowest BCUT2D eigenvalue weighted by Gasteiger charge is -2.05. The summed E-state index contributed by atoms with van der Waals surface area (Å²) in [5.41, 5.74) is 2.48. The molecule has 120 valence electrons. The fraction of sp³-hybridized carbons (Fsp3) is 0.200. The van der Waals surface area contributed by atoms with E-state index in [9.17, 15) is 12.8 Å². The molecule has 5 nitrogen and oxygen atoms in total. The molecule has 0 amide bonds. The van der Waals surface area contributed by atoms with E-state index >= 15 is 0 Å². The maximum absolute atomic E-state index is 14.2. The third kappa shape index (κ3) is 2.91. The third-order valence-corrected chi connectivity index (χ3v) is 5.40. The monoisotopic (exact) mass is 352 g/mol. The molecule has 0 atom stereocenters. The lowest BCUT2D eigenvalue weighted by atomic mass is 10.0. The molecule has 0 fully saturated rings. The summed E-state index contributed by atoms with van der Waals surface area (Å²) < 4.78 is 42.5. The molecule has 0 aliphatic heterocycles. The second-order valence-electron chi connectivity index (χ2n) is 5.17. The van der Waals surface area contributed by atoms with Gasteiger partial charge >= 0.3 is 0 Å². The van der Waals surface area contributed by atoms with Crippen LogP contribution in [0.3, 0.4) is 0 Å². The lowest BCUT2D eigenvalue weighted by molar-refractivity contribution is 0.400. The molecule has 8 heteroatoms. The molecule has 0 unspecified atom stereocenters. The van der Waals surface area contributed by atoms with Crippen molar-refractivity contribution in [1.82, 2.24) is 10.1 Å². The van der Waals surface area contributed by atoms with Crippen LogP contribution >= 0.6 is 11.3 Å². The number of aryl methyl sites for hydroxylation is 2. The Labute approximate surface area is 136 Å². The first-order valence-corrected chi connectivity index (χ1v) is 9.43. The number of sulfone groups is 1. The Morgan fingerprint density at radius 3 is 2.57 bits per heavy atom. The summed E-state index contributed by atoms with van der Waals surface area (Å²) in [4.78, 5) is 4.03. The van der Waals surface area contributed by atoms with Crippen molar-refractivity contribution < 1.29 is 17.3 Å². The maximum atomic E-state index is 14.2. The zero-order valence-electron chi connectivity index (χ0n) is 12.6. The van der Waals surface area contributed by atoms with E-state index in [1.54, 1.807) is 13.0 Å². The van der Waals surface area contributed by atoms with Crippen LogP contribution in [0.15, 0.2) is 33.0 Å². The molecule has 0 saturated heterocycles. The number of hydrogen-bond donors (Lipinski definition) is 0. The number of hydrogen-bond acceptors (Lipinski definition) is 6. The molecule has 2 heterocycles. The molecule has 0 aliphatic rings. The normalized spacial score (nSPS) is 11.8. The van der Waals surface area contributed by atoms with Crippen LogP contribution < -0.4 is 0 Å². The minimum Gasteiger partial charge on any atom is -0.360 e. The third-order valence-electron chi connectivity index (χ3n) is 3.30. The quantitative estimate of drug-likeness (QED) is 0.720. The van der Waals surface area contributed by atoms with E-state index in [4.69, 9.17) is 4.52 Å². The van der Waals surface area contributed by atoms with Crippen LogP contribution in [0.1, 0.15) is 11.5 Å². The van der Waals surface area contributed by atoms with Crippen molar-refractivity contribution in [1.29, 1.82) is 0 Å². The van der Waals surface area contributed by atoms with Gasteiger partial charge in [0, 0.05) is 17.3 Å². The van der Waals surface area contributed by atoms with E-state index in [0.717, 1.165) is 11.9 Å². The summed E-state index contributed by atoms with van der Waals surface area (Å²) in [7, 11) is -3.61. The number of thiazole rings is 1. The second-order valence-corrected chi connectivity index (χ2v) is 8.02. The van der Waals surface area contributed by atoms with Gasteiger partial charge in [0.05, 0.1) is 5.56 Å². The fourth-order valence-electron chi connectivity index (χ4n) is 2.28. The highest BCUT2D eigenvalue weighted by Crippen LogP contribution is 2.36. The second kappa shape index (κ2) is 5.54. The van der Waals surface area contributed by atoms with Gasteiger partial charge < -0.3 is 4.52 Å². The molecule has 0 N–H and O–H groups in total. The minimum absolute atomic E-state index is 0.331. The largest absolute Gasteiger partial charge is 0.360 e. The number of benzene rings is 1. The number of halogens is 1. The number of nitrogens with zero attached hydrogens (tertiary/aromatic N) is 2. The standard InChI is InChI=1S/C15H13FN2O3S2/c1-8-7-22-15(17-8)14-13(9(2)21-18-14)10-4-5-12(11(16)6-10)23(3,19)20/h4-7H,1-3H3. The van der Waals surface area contributed by atoms with E-state index in [-0.39, 0.29) is 4.90 Å². The summed E-state index contributed by atoms with van der Waals surface area (Å²) >= 11 is 1.41. The average Bonchev–Trinajstić information content (AvgIpc) is 3.03. The zero-order valence-corrected chi connectivity index (χ0v) is 14.3. The highest BCUT2D eigenvalue weighted by Gasteiger charge is 2.21. The molecule has 2 aromatic heterocycles. The zero-order chi connectivity index (χ0) is 16.8. The van der Waals surface area contributed by atoms with Crippen molar-refractivity contribution in [2.75, 3.05) is 6.26 Å². The molecule has 0 spiro atoms. The van der Waals surface area contributed by atoms with E-state index in [1.807, 2.05) is 12.3 Å². The summed E-state index contributed by atoms with van der Waals surface area (Å²) in [5.74, 6) is -0.286. The topological polar surface area (TPSA) is 73.1 Å². The highest BCUT2D eigenvalue weighted by atomic mass is 32.2. The molecule has 3 rings (SSSR count). The van der Waals surface area contributed by atoms with Crippen LogP contribution in [0.2, 0.25) is 0 Å². The molecule has 0 radical (unpaired) electrons. The molecule has 3 aromatic rings. The average molecular weight is 352 g/mol. The van der Waals surface area contributed by atoms with Gasteiger partial charge in [-0.25, -0.2) is 17.8 Å². The van der Waals surface area contributed by atoms with Gasteiger partial charge in [-0.1, -0.05) is 11.2 Å². The smallest absolute Gasteiger partial charge is 0.178 e. The Balaban J connectivity index is 2.17. The number of rotatable bonds is 3. The Kier molecular flexibility index (Phi) is 3.81. The Bertz CT molecular complexity index is 990. The minimum atomic E-state index is -3.61. The molecule has 0 aliphatic carbocycles. The van der Waals surface area contributed by atoms with Crippen LogP contribution in [0.25, 0.3) is 21.8 Å². The van der Waals surface area contributed by atoms with Gasteiger partial charge in [0.15, 0.2) is 15.5 Å². The molecule has 0 saturated carbocycles. The van der Waals surface area contributed by atoms with E-state index in [1.165, 1.54) is 23.5 Å². The summed E-state index contributed by atoms with van der Waals surface area (Å²) in [6, 6.07) is 3.98. The predicted molar refractivity (Wildman–Crippen MR) is 85.6 cm³/mol. The Morgan fingerprint density at radius 1 is 1.26 bits per heavy atom. The Morgan fingerprint density at radius 2 is 2.00 bits per heavy atom. The van der Waals surface area contributed by atoms with Crippen LogP contribution in [-0.4, -0.2) is 24.8 Å². The van der Waals surface area contributed by atoms with Crippen molar-refractivity contribution in [3.8, 4) is 21.8 Å². The van der Waals surface area contributed by atoms with Crippen molar-refractivity contribution in [2.45, 2.75) is 18.7 Å². The lowest BCUT2D eigenvalue weighted by Crippen LogP contribution is -2.00. The van der Waals surface area contributed by atoms with Crippen LogP contribution in [0.4, 0.5) is 4.39 Å². The summed E-state index contributed by atoms with van der Waals surface area (Å²) in [6.45, 7) is 3.59. The van der Waals surface area contributed by atoms with E-state index < -0.39 is 15.7 Å². The van der Waals surface area contributed by atoms with E-state index in [2.05, 4.69) is 10.1 Å². The fourth-order valence-corrected chi connectivity index (χ4v) is 3.79. The maximum Gasteiger partial charge on any atom is 0.178 e. The van der Waals surface area contributed by atoms with Gasteiger partial charge in [0.1, 0.15) is 21.5 Å². The van der Waals surface area contributed by atoms with Gasteiger partial charge in [0.2, 0.25) is 0 Å². The molecular weight excluding hydrogens is 339 g/mol. The van der Waals surface area contributed by atoms with Crippen molar-refractivity contribution in [3.05, 3.63) is 40.9 Å². The summed E-state index contributed by atoms with van der Waals surface area (Å²) in [6.07, 6.45) is 0.972. The molecule has 23 heavy (non-hydrogen) atoms. The molecular formula is C15H13FN2O3S2. The first kappa shape index (κ1) is 15.8. The van der Waals surface area contributed by atoms with Crippen molar-refractivity contribution in [3.63, 3.8) is 0 Å². The Hall–Kier alpha value is -2.06. The van der Waals surface area contributed by atoms with E-state index in [0.29, 0.717) is 27.6 Å². The predicted octanol–water partition coefficient (Wildman–Crippen LogP) is 3.62. The first-order chi connectivity index (χ1) is 10.8. The highest BCUT2D eigenvalue weighted by molar-refractivity contribution is 7.90.